The summed E-state index contributed by atoms with van der Waals surface area (Å²) in [6.07, 6.45) is 2.52. The quantitative estimate of drug-likeness (QED) is 0.465. The Morgan fingerprint density at radius 3 is 2.61 bits per heavy atom. The van der Waals surface area contributed by atoms with Gasteiger partial charge in [-0.15, -0.1) is 0 Å². The third kappa shape index (κ3) is 3.80. The Bertz CT molecular complexity index is 1510. The van der Waals surface area contributed by atoms with E-state index in [1.165, 1.54) is 26.5 Å². The first kappa shape index (κ1) is 21.6. The number of rotatable bonds is 3. The normalized spacial score (nSPS) is 13.8. The van der Waals surface area contributed by atoms with Crippen LogP contribution in [0.3, 0.4) is 0 Å². The van der Waals surface area contributed by atoms with E-state index in [-0.39, 0.29) is 21.2 Å². The summed E-state index contributed by atoms with van der Waals surface area (Å²) in [5.41, 5.74) is 3.52. The van der Waals surface area contributed by atoms with Crippen LogP contribution in [0.4, 0.5) is 11.6 Å². The van der Waals surface area contributed by atoms with E-state index in [9.17, 15) is 4.79 Å². The lowest BCUT2D eigenvalue weighted by atomic mass is 9.99. The summed E-state index contributed by atoms with van der Waals surface area (Å²) in [6, 6.07) is 11.2. The van der Waals surface area contributed by atoms with Gasteiger partial charge in [0.25, 0.3) is 0 Å². The number of anilines is 2. The topological polar surface area (TPSA) is 91.8 Å². The van der Waals surface area contributed by atoms with E-state index in [2.05, 4.69) is 39.4 Å². The molecule has 0 unspecified atom stereocenters. The molecule has 2 aromatic heterocycles. The molecule has 1 aliphatic heterocycles. The lowest BCUT2D eigenvalue weighted by molar-refractivity contribution is 0.313. The molecule has 0 saturated carbocycles. The van der Waals surface area contributed by atoms with Crippen molar-refractivity contribution < 1.29 is 0 Å². The Morgan fingerprint density at radius 2 is 1.85 bits per heavy atom. The molecular formula is C23H21Cl2N7O. The van der Waals surface area contributed by atoms with E-state index in [0.717, 1.165) is 25.2 Å². The van der Waals surface area contributed by atoms with E-state index in [1.807, 2.05) is 6.07 Å². The van der Waals surface area contributed by atoms with Crippen molar-refractivity contribution in [2.45, 2.75) is 13.0 Å². The molecule has 5 rings (SSSR count). The molecule has 0 spiro atoms. The van der Waals surface area contributed by atoms with Gasteiger partial charge in [-0.05, 0) is 48.9 Å². The lowest BCUT2D eigenvalue weighted by Gasteiger charge is -2.25. The zero-order chi connectivity index (χ0) is 23.3. The molecule has 0 bridgehead atoms. The molecule has 0 atom stereocenters. The Kier molecular flexibility index (Phi) is 5.44. The largest absolute Gasteiger partial charge is 0.335 e. The van der Waals surface area contributed by atoms with Gasteiger partial charge in [-0.2, -0.15) is 4.98 Å². The van der Waals surface area contributed by atoms with E-state index in [4.69, 9.17) is 28.6 Å². The average Bonchev–Trinajstić information content (AvgIpc) is 2.79. The van der Waals surface area contributed by atoms with Crippen molar-refractivity contribution in [3.63, 3.8) is 0 Å². The fourth-order valence-electron chi connectivity index (χ4n) is 4.12. The second-order valence-electron chi connectivity index (χ2n) is 8.12. The number of fused-ring (bicyclic) bond motifs is 2. The number of halogens is 2. The molecule has 8 nitrogen and oxygen atoms in total. The predicted molar refractivity (Wildman–Crippen MR) is 130 cm³/mol. The molecular weight excluding hydrogens is 461 g/mol. The Labute approximate surface area is 199 Å². The van der Waals surface area contributed by atoms with Gasteiger partial charge in [-0.1, -0.05) is 35.3 Å². The maximum atomic E-state index is 13.2. The summed E-state index contributed by atoms with van der Waals surface area (Å²) in [4.78, 5) is 24.4. The first-order valence-electron chi connectivity index (χ1n) is 10.4. The fourth-order valence-corrected chi connectivity index (χ4v) is 4.69. The first-order valence-corrected chi connectivity index (χ1v) is 11.1. The molecule has 3 heterocycles. The lowest BCUT2D eigenvalue weighted by Crippen LogP contribution is -2.38. The van der Waals surface area contributed by atoms with Crippen molar-refractivity contribution in [1.29, 1.82) is 5.41 Å². The Morgan fingerprint density at radius 1 is 1.09 bits per heavy atom. The number of para-hydroxylation sites is 1. The van der Waals surface area contributed by atoms with Crippen LogP contribution < -0.4 is 16.5 Å². The zero-order valence-electron chi connectivity index (χ0n) is 18.1. The molecule has 2 N–H and O–H groups in total. The smallest absolute Gasteiger partial charge is 0.324 e. The Balaban J connectivity index is 1.58. The molecule has 4 aromatic rings. The van der Waals surface area contributed by atoms with Crippen molar-refractivity contribution in [2.75, 3.05) is 18.9 Å². The summed E-state index contributed by atoms with van der Waals surface area (Å²) < 4.78 is 2.53. The number of benzene rings is 2. The standard InChI is InChI=1S/C23H21Cl2N7O/c1-30-9-8-13-10-15(7-6-14(13)12-30)28-22-27-11-16-20(26)32(23(33)31(2)21(16)29-22)19-17(24)4-3-5-18(19)25/h3-7,10-11,26H,8-9,12H2,1-2H3,(H,27,28,29). The molecule has 0 fully saturated rings. The third-order valence-electron chi connectivity index (χ3n) is 5.87. The fraction of sp³-hybridized carbons (Fsp3) is 0.217. The van der Waals surface area contributed by atoms with E-state index < -0.39 is 5.69 Å². The number of nitrogens with zero attached hydrogens (tertiary/aromatic N) is 5. The zero-order valence-corrected chi connectivity index (χ0v) is 19.6. The molecule has 168 valence electrons. The summed E-state index contributed by atoms with van der Waals surface area (Å²) in [6.45, 7) is 1.96. The molecule has 33 heavy (non-hydrogen) atoms. The van der Waals surface area contributed by atoms with Crippen molar-refractivity contribution in [3.05, 3.63) is 79.7 Å². The van der Waals surface area contributed by atoms with Crippen molar-refractivity contribution in [1.82, 2.24) is 24.0 Å². The highest BCUT2D eigenvalue weighted by Crippen LogP contribution is 2.27. The van der Waals surface area contributed by atoms with Crippen LogP contribution in [0, 0.1) is 5.41 Å². The number of hydrogen-bond acceptors (Lipinski definition) is 6. The molecule has 1 aliphatic rings. The Hall–Kier alpha value is -3.20. The van der Waals surface area contributed by atoms with Crippen LogP contribution in [0.25, 0.3) is 16.7 Å². The maximum Gasteiger partial charge on any atom is 0.335 e. The molecule has 0 amide bonds. The minimum Gasteiger partial charge on any atom is -0.324 e. The minimum atomic E-state index is -0.481. The van der Waals surface area contributed by atoms with Gasteiger partial charge in [0.05, 0.1) is 21.1 Å². The van der Waals surface area contributed by atoms with E-state index >= 15 is 0 Å². The van der Waals surface area contributed by atoms with Crippen molar-refractivity contribution in [3.8, 4) is 5.69 Å². The van der Waals surface area contributed by atoms with Crippen LogP contribution in [0.5, 0.6) is 0 Å². The maximum absolute atomic E-state index is 13.2. The van der Waals surface area contributed by atoms with E-state index in [0.29, 0.717) is 17.0 Å². The summed E-state index contributed by atoms with van der Waals surface area (Å²) >= 11 is 12.6. The first-order chi connectivity index (χ1) is 15.8. The predicted octanol–water partition coefficient (Wildman–Crippen LogP) is 3.64. The summed E-state index contributed by atoms with van der Waals surface area (Å²) in [7, 11) is 3.71. The second-order valence-corrected chi connectivity index (χ2v) is 8.94. The average molecular weight is 482 g/mol. The van der Waals surface area contributed by atoms with Crippen LogP contribution >= 0.6 is 23.2 Å². The number of nitrogens with one attached hydrogen (secondary N) is 2. The van der Waals surface area contributed by atoms with Crippen LogP contribution in [-0.4, -0.2) is 37.6 Å². The van der Waals surface area contributed by atoms with Gasteiger partial charge in [0.1, 0.15) is 5.49 Å². The van der Waals surface area contributed by atoms with Gasteiger partial charge in [0.15, 0.2) is 5.65 Å². The molecule has 0 aliphatic carbocycles. The highest BCUT2D eigenvalue weighted by molar-refractivity contribution is 6.37. The van der Waals surface area contributed by atoms with Gasteiger partial charge in [0.2, 0.25) is 5.95 Å². The summed E-state index contributed by atoms with van der Waals surface area (Å²) in [5, 5.41) is 12.8. The van der Waals surface area contributed by atoms with E-state index in [1.54, 1.807) is 25.2 Å². The number of likely N-dealkylation sites (N-methyl/N-ethyl adjacent to an activating group) is 1. The van der Waals surface area contributed by atoms with Gasteiger partial charge in [-0.3, -0.25) is 9.98 Å². The number of aryl methyl sites for hydroxylation is 1. The second kappa shape index (κ2) is 8.30. The molecule has 10 heteroatoms. The highest BCUT2D eigenvalue weighted by Gasteiger charge is 2.18. The minimum absolute atomic E-state index is 0.0902. The number of hydrogen-bond donors (Lipinski definition) is 2. The molecule has 0 saturated heterocycles. The molecule has 0 radical (unpaired) electrons. The number of aromatic nitrogens is 4. The van der Waals surface area contributed by atoms with Crippen LogP contribution in [0.2, 0.25) is 10.0 Å². The van der Waals surface area contributed by atoms with Gasteiger partial charge >= 0.3 is 5.69 Å². The van der Waals surface area contributed by atoms with Crippen molar-refractivity contribution >= 4 is 45.9 Å². The van der Waals surface area contributed by atoms with Gasteiger partial charge < -0.3 is 10.2 Å². The summed E-state index contributed by atoms with van der Waals surface area (Å²) in [5.74, 6) is 0.346. The molecule has 2 aromatic carbocycles. The third-order valence-corrected chi connectivity index (χ3v) is 6.48. The van der Waals surface area contributed by atoms with Gasteiger partial charge in [-0.25, -0.2) is 14.3 Å². The van der Waals surface area contributed by atoms with Crippen LogP contribution in [0.1, 0.15) is 11.1 Å². The van der Waals surface area contributed by atoms with Gasteiger partial charge in [0, 0.05) is 32.0 Å². The monoisotopic (exact) mass is 481 g/mol. The van der Waals surface area contributed by atoms with Crippen LogP contribution in [0.15, 0.2) is 47.4 Å². The van der Waals surface area contributed by atoms with Crippen molar-refractivity contribution in [2.24, 2.45) is 7.05 Å². The SMILES string of the molecule is CN1CCc2cc(Nc3ncc4c(=N)n(-c5c(Cl)cccc5Cl)c(=O)n(C)c4n3)ccc2C1. The highest BCUT2D eigenvalue weighted by atomic mass is 35.5. The van der Waals surface area contributed by atoms with Crippen LogP contribution in [-0.2, 0) is 20.0 Å².